The monoisotopic (exact) mass is 438 g/mol. The SMILES string of the molecule is C[C@H]1CCCN(CCCOc2ccc(-c3cc[n+]([O-])c4c3OC(=O)/C=C/C(=O)O4)cc2)C1. The number of nitrogens with zero attached hydrogens (tertiary/aromatic N) is 2. The van der Waals surface area contributed by atoms with Crippen molar-refractivity contribution in [1.29, 1.82) is 0 Å². The number of likely N-dealkylation sites (tertiary alicyclic amines) is 1. The summed E-state index contributed by atoms with van der Waals surface area (Å²) in [7, 11) is 0. The number of pyridine rings is 1. The van der Waals surface area contributed by atoms with Crippen LogP contribution in [0.1, 0.15) is 26.2 Å². The zero-order valence-corrected chi connectivity index (χ0v) is 18.0. The molecule has 0 radical (unpaired) electrons. The van der Waals surface area contributed by atoms with Crippen LogP contribution in [-0.2, 0) is 9.59 Å². The fraction of sp³-hybridized carbons (Fsp3) is 0.375. The molecule has 0 unspecified atom stereocenters. The van der Waals surface area contributed by atoms with Crippen molar-refractivity contribution in [3.63, 3.8) is 0 Å². The average molecular weight is 438 g/mol. The maximum Gasteiger partial charge on any atom is 0.432 e. The van der Waals surface area contributed by atoms with Gasteiger partial charge >= 0.3 is 17.8 Å². The van der Waals surface area contributed by atoms with Crippen molar-refractivity contribution in [2.24, 2.45) is 5.92 Å². The van der Waals surface area contributed by atoms with Gasteiger partial charge in [0.2, 0.25) is 0 Å². The first-order chi connectivity index (χ1) is 15.5. The fourth-order valence-corrected chi connectivity index (χ4v) is 4.02. The van der Waals surface area contributed by atoms with Gasteiger partial charge in [-0.05, 0) is 49.4 Å². The van der Waals surface area contributed by atoms with E-state index in [1.165, 1.54) is 31.6 Å². The molecule has 1 atom stereocenters. The number of fused-ring (bicyclic) bond motifs is 1. The standard InChI is InChI=1S/C24H26N2O6/c1-17-4-2-12-25(16-17)13-3-15-30-19-7-5-18(6-8-19)20-11-14-26(29)24-23(20)31-21(27)9-10-22(28)32-24/h5-11,14,17H,2-4,12-13,15-16H2,1H3/b10-9+/t17-/m0/s1. The Bertz CT molecular complexity index is 1020. The minimum absolute atomic E-state index is 0.102. The van der Waals surface area contributed by atoms with Crippen LogP contribution in [0.4, 0.5) is 0 Å². The van der Waals surface area contributed by atoms with Gasteiger partial charge in [-0.1, -0.05) is 19.1 Å². The molecule has 8 nitrogen and oxygen atoms in total. The Morgan fingerprint density at radius 3 is 2.62 bits per heavy atom. The fourth-order valence-electron chi connectivity index (χ4n) is 4.02. The zero-order chi connectivity index (χ0) is 22.5. The van der Waals surface area contributed by atoms with Crippen LogP contribution >= 0.6 is 0 Å². The van der Waals surface area contributed by atoms with Crippen molar-refractivity contribution >= 4 is 11.9 Å². The highest BCUT2D eigenvalue weighted by Crippen LogP contribution is 2.37. The topological polar surface area (TPSA) is 92.0 Å². The first-order valence-corrected chi connectivity index (χ1v) is 10.8. The van der Waals surface area contributed by atoms with E-state index in [0.717, 1.165) is 43.3 Å². The molecular formula is C24H26N2O6. The van der Waals surface area contributed by atoms with E-state index >= 15 is 0 Å². The van der Waals surface area contributed by atoms with E-state index in [2.05, 4.69) is 11.8 Å². The Hall–Kier alpha value is -3.39. The van der Waals surface area contributed by atoms with Gasteiger partial charge in [0, 0.05) is 36.9 Å². The number of carbonyl (C=O) groups excluding carboxylic acids is 2. The van der Waals surface area contributed by atoms with Crippen LogP contribution in [0.3, 0.4) is 0 Å². The van der Waals surface area contributed by atoms with Gasteiger partial charge < -0.3 is 24.3 Å². The molecule has 168 valence electrons. The molecule has 0 spiro atoms. The third-order valence-electron chi connectivity index (χ3n) is 5.56. The number of hydrogen-bond acceptors (Lipinski definition) is 7. The number of piperidine rings is 1. The Morgan fingerprint density at radius 1 is 1.12 bits per heavy atom. The lowest BCUT2D eigenvalue weighted by Crippen LogP contribution is -2.35. The van der Waals surface area contributed by atoms with E-state index in [1.54, 1.807) is 12.1 Å². The van der Waals surface area contributed by atoms with Crippen molar-refractivity contribution < 1.29 is 28.5 Å². The number of ether oxygens (including phenoxy) is 3. The zero-order valence-electron chi connectivity index (χ0n) is 18.0. The average Bonchev–Trinajstić information content (AvgIpc) is 2.77. The molecular weight excluding hydrogens is 412 g/mol. The van der Waals surface area contributed by atoms with Gasteiger partial charge in [-0.3, -0.25) is 0 Å². The molecule has 0 aliphatic carbocycles. The van der Waals surface area contributed by atoms with Crippen LogP contribution in [0.15, 0.2) is 48.7 Å². The van der Waals surface area contributed by atoms with Crippen LogP contribution in [0.25, 0.3) is 11.1 Å². The van der Waals surface area contributed by atoms with Gasteiger partial charge in [0.1, 0.15) is 5.75 Å². The largest absolute Gasteiger partial charge is 0.616 e. The summed E-state index contributed by atoms with van der Waals surface area (Å²) in [4.78, 5) is 26.2. The number of rotatable bonds is 6. The summed E-state index contributed by atoms with van der Waals surface area (Å²) in [5, 5.41) is 12.1. The van der Waals surface area contributed by atoms with Gasteiger partial charge in [0.05, 0.1) is 6.61 Å². The van der Waals surface area contributed by atoms with Crippen molar-refractivity contribution in [3.8, 4) is 28.5 Å². The molecule has 2 aliphatic rings. The molecule has 8 heteroatoms. The molecule has 2 aromatic rings. The van der Waals surface area contributed by atoms with Gasteiger partial charge in [-0.2, -0.15) is 0 Å². The van der Waals surface area contributed by atoms with E-state index in [4.69, 9.17) is 14.2 Å². The molecule has 0 amide bonds. The Morgan fingerprint density at radius 2 is 1.88 bits per heavy atom. The normalized spacial score (nSPS) is 19.8. The van der Waals surface area contributed by atoms with Crippen LogP contribution < -0.4 is 18.9 Å². The molecule has 3 heterocycles. The molecule has 4 rings (SSSR count). The van der Waals surface area contributed by atoms with Crippen LogP contribution in [0.2, 0.25) is 0 Å². The van der Waals surface area contributed by atoms with Crippen LogP contribution in [-0.4, -0.2) is 43.1 Å². The second-order valence-corrected chi connectivity index (χ2v) is 8.14. The molecule has 0 bridgehead atoms. The molecule has 32 heavy (non-hydrogen) atoms. The maximum absolute atomic E-state index is 12.1. The highest BCUT2D eigenvalue weighted by atomic mass is 16.6. The van der Waals surface area contributed by atoms with Crippen molar-refractivity contribution in [3.05, 3.63) is 53.9 Å². The van der Waals surface area contributed by atoms with E-state index in [0.29, 0.717) is 22.5 Å². The van der Waals surface area contributed by atoms with Crippen LogP contribution in [0, 0.1) is 11.1 Å². The van der Waals surface area contributed by atoms with Crippen LogP contribution in [0.5, 0.6) is 17.4 Å². The quantitative estimate of drug-likeness (QED) is 0.296. The first kappa shape index (κ1) is 21.8. The smallest absolute Gasteiger partial charge is 0.432 e. The van der Waals surface area contributed by atoms with E-state index in [-0.39, 0.29) is 11.6 Å². The second-order valence-electron chi connectivity index (χ2n) is 8.14. The molecule has 1 fully saturated rings. The summed E-state index contributed by atoms with van der Waals surface area (Å²) in [5.74, 6) is -0.577. The lowest BCUT2D eigenvalue weighted by atomic mass is 10.0. The number of esters is 2. The third kappa shape index (κ3) is 5.26. The molecule has 0 saturated carbocycles. The molecule has 0 N–H and O–H groups in total. The van der Waals surface area contributed by atoms with Gasteiger partial charge in [-0.25, -0.2) is 9.59 Å². The first-order valence-electron chi connectivity index (χ1n) is 10.8. The number of aromatic nitrogens is 1. The Kier molecular flexibility index (Phi) is 6.70. The highest BCUT2D eigenvalue weighted by Gasteiger charge is 2.27. The lowest BCUT2D eigenvalue weighted by Gasteiger charge is -2.30. The Balaban J connectivity index is 1.42. The number of hydrogen-bond donors (Lipinski definition) is 0. The molecule has 1 aromatic carbocycles. The molecule has 2 aliphatic heterocycles. The highest BCUT2D eigenvalue weighted by molar-refractivity contribution is 5.95. The van der Waals surface area contributed by atoms with Crippen molar-refractivity contribution in [1.82, 2.24) is 4.90 Å². The van der Waals surface area contributed by atoms with Crippen molar-refractivity contribution in [2.45, 2.75) is 26.2 Å². The summed E-state index contributed by atoms with van der Waals surface area (Å²) in [6, 6.07) is 8.75. The predicted octanol–water partition coefficient (Wildman–Crippen LogP) is 2.87. The Labute approximate surface area is 186 Å². The van der Waals surface area contributed by atoms with Crippen molar-refractivity contribution in [2.75, 3.05) is 26.2 Å². The van der Waals surface area contributed by atoms with Gasteiger partial charge in [-0.15, -0.1) is 4.73 Å². The summed E-state index contributed by atoms with van der Waals surface area (Å²) >= 11 is 0. The van der Waals surface area contributed by atoms with Gasteiger partial charge in [0.25, 0.3) is 5.75 Å². The summed E-state index contributed by atoms with van der Waals surface area (Å²) in [6.45, 7) is 6.29. The number of carbonyl (C=O) groups is 2. The maximum atomic E-state index is 12.1. The molecule has 1 aromatic heterocycles. The lowest BCUT2D eigenvalue weighted by molar-refractivity contribution is -0.611. The van der Waals surface area contributed by atoms with E-state index in [1.807, 2.05) is 12.1 Å². The number of benzene rings is 1. The summed E-state index contributed by atoms with van der Waals surface area (Å²) in [5.41, 5.74) is 1.14. The summed E-state index contributed by atoms with van der Waals surface area (Å²) in [6.07, 6.45) is 6.61. The minimum Gasteiger partial charge on any atom is -0.616 e. The third-order valence-corrected chi connectivity index (χ3v) is 5.56. The van der Waals surface area contributed by atoms with Gasteiger partial charge in [0.15, 0.2) is 6.20 Å². The minimum atomic E-state index is -0.826. The predicted molar refractivity (Wildman–Crippen MR) is 116 cm³/mol. The summed E-state index contributed by atoms with van der Waals surface area (Å²) < 4.78 is 16.5. The molecule has 1 saturated heterocycles. The second kappa shape index (κ2) is 9.82. The van der Waals surface area contributed by atoms with E-state index in [9.17, 15) is 14.8 Å². The van der Waals surface area contributed by atoms with E-state index < -0.39 is 11.9 Å².